The molecule has 0 unspecified atom stereocenters. The van der Waals surface area contributed by atoms with Gasteiger partial charge >= 0.3 is 0 Å². The van der Waals surface area contributed by atoms with Crippen molar-refractivity contribution in [2.45, 2.75) is 6.54 Å². The second-order valence-corrected chi connectivity index (χ2v) is 6.20. The molecule has 0 radical (unpaired) electrons. The molecule has 4 nitrogen and oxygen atoms in total. The molecule has 1 aliphatic rings. The largest absolute Gasteiger partial charge is 0.497 e. The number of quaternary nitrogens is 1. The molecule has 0 aliphatic carbocycles. The van der Waals surface area contributed by atoms with Gasteiger partial charge in [-0.05, 0) is 42.5 Å². The van der Waals surface area contributed by atoms with Gasteiger partial charge in [-0.3, -0.25) is 4.79 Å². The van der Waals surface area contributed by atoms with E-state index in [4.69, 9.17) is 4.74 Å². The van der Waals surface area contributed by atoms with Crippen molar-refractivity contribution in [3.63, 3.8) is 0 Å². The van der Waals surface area contributed by atoms with E-state index < -0.39 is 11.6 Å². The van der Waals surface area contributed by atoms with Crippen LogP contribution in [0.15, 0.2) is 42.5 Å². The second kappa shape index (κ2) is 7.61. The summed E-state index contributed by atoms with van der Waals surface area (Å²) >= 11 is 0. The van der Waals surface area contributed by atoms with Gasteiger partial charge in [0.05, 0.1) is 33.3 Å². The third-order valence-electron chi connectivity index (χ3n) is 4.54. The van der Waals surface area contributed by atoms with Crippen LogP contribution in [-0.4, -0.2) is 44.1 Å². The van der Waals surface area contributed by atoms with Gasteiger partial charge in [-0.25, -0.2) is 8.78 Å². The van der Waals surface area contributed by atoms with Gasteiger partial charge in [-0.15, -0.1) is 0 Å². The lowest BCUT2D eigenvalue weighted by Gasteiger charge is -2.32. The minimum atomic E-state index is -0.991. The Bertz CT molecular complexity index is 742. The Labute approximate surface area is 145 Å². The van der Waals surface area contributed by atoms with E-state index in [9.17, 15) is 13.6 Å². The monoisotopic (exact) mass is 347 g/mol. The number of methoxy groups -OCH3 is 1. The first-order valence-electron chi connectivity index (χ1n) is 8.27. The number of hydrogen-bond donors (Lipinski definition) is 1. The van der Waals surface area contributed by atoms with Crippen molar-refractivity contribution in [3.05, 3.63) is 65.2 Å². The predicted molar refractivity (Wildman–Crippen MR) is 89.7 cm³/mol. The van der Waals surface area contributed by atoms with E-state index in [0.29, 0.717) is 13.1 Å². The number of rotatable bonds is 4. The molecule has 0 aromatic heterocycles. The standard InChI is InChI=1S/C19H20F2N2O2/c1-25-16-5-2-14(3-6-16)13-22-8-10-23(11-9-22)19(24)15-4-7-17(20)18(21)12-15/h2-7,12H,8-11,13H2,1H3/p+1. The molecule has 0 spiro atoms. The molecular weight excluding hydrogens is 326 g/mol. The predicted octanol–water partition coefficient (Wildman–Crippen LogP) is 1.51. The summed E-state index contributed by atoms with van der Waals surface area (Å²) in [4.78, 5) is 15.5. The summed E-state index contributed by atoms with van der Waals surface area (Å²) in [6.45, 7) is 3.73. The number of hydrogen-bond acceptors (Lipinski definition) is 2. The highest BCUT2D eigenvalue weighted by Crippen LogP contribution is 2.12. The van der Waals surface area contributed by atoms with E-state index >= 15 is 0 Å². The molecule has 6 heteroatoms. The Morgan fingerprint density at radius 1 is 1.08 bits per heavy atom. The Kier molecular flexibility index (Phi) is 5.28. The smallest absolute Gasteiger partial charge is 0.254 e. The number of amides is 1. The molecule has 1 fully saturated rings. The van der Waals surface area contributed by atoms with E-state index in [-0.39, 0.29) is 11.5 Å². The van der Waals surface area contributed by atoms with Crippen molar-refractivity contribution in [2.75, 3.05) is 33.3 Å². The van der Waals surface area contributed by atoms with Crippen LogP contribution >= 0.6 is 0 Å². The highest BCUT2D eigenvalue weighted by molar-refractivity contribution is 5.94. The van der Waals surface area contributed by atoms with Crippen LogP contribution in [0.4, 0.5) is 8.78 Å². The Morgan fingerprint density at radius 2 is 1.76 bits per heavy atom. The normalized spacial score (nSPS) is 15.2. The number of ether oxygens (including phenoxy) is 1. The fraction of sp³-hybridized carbons (Fsp3) is 0.316. The fourth-order valence-corrected chi connectivity index (χ4v) is 3.05. The van der Waals surface area contributed by atoms with Crippen molar-refractivity contribution in [1.29, 1.82) is 0 Å². The summed E-state index contributed by atoms with van der Waals surface area (Å²) in [7, 11) is 1.64. The second-order valence-electron chi connectivity index (χ2n) is 6.20. The SMILES string of the molecule is COc1ccc(C[NH+]2CCN(C(=O)c3ccc(F)c(F)c3)CC2)cc1. The summed E-state index contributed by atoms with van der Waals surface area (Å²) in [5.41, 5.74) is 1.41. The van der Waals surface area contributed by atoms with Gasteiger partial charge in [0.15, 0.2) is 11.6 Å². The Balaban J connectivity index is 1.55. The van der Waals surface area contributed by atoms with Crippen LogP contribution in [0.2, 0.25) is 0 Å². The minimum absolute atomic E-state index is 0.192. The van der Waals surface area contributed by atoms with Gasteiger partial charge in [-0.1, -0.05) is 0 Å². The first kappa shape index (κ1) is 17.4. The van der Waals surface area contributed by atoms with Crippen molar-refractivity contribution >= 4 is 5.91 Å². The maximum Gasteiger partial charge on any atom is 0.254 e. The summed E-state index contributed by atoms with van der Waals surface area (Å²) < 4.78 is 31.5. The molecule has 1 N–H and O–H groups in total. The van der Waals surface area contributed by atoms with Crippen molar-refractivity contribution in [2.24, 2.45) is 0 Å². The fourth-order valence-electron chi connectivity index (χ4n) is 3.05. The average molecular weight is 347 g/mol. The number of nitrogens with one attached hydrogen (secondary N) is 1. The van der Waals surface area contributed by atoms with Crippen LogP contribution in [0.5, 0.6) is 5.75 Å². The minimum Gasteiger partial charge on any atom is -0.497 e. The maximum absolute atomic E-state index is 13.3. The first-order chi connectivity index (χ1) is 12.1. The molecular formula is C19H21F2N2O2+. The molecule has 1 aliphatic heterocycles. The van der Waals surface area contributed by atoms with Crippen molar-refractivity contribution < 1.29 is 23.2 Å². The third-order valence-corrected chi connectivity index (χ3v) is 4.54. The van der Waals surface area contributed by atoms with Crippen LogP contribution in [0.1, 0.15) is 15.9 Å². The van der Waals surface area contributed by atoms with Gasteiger partial charge in [0, 0.05) is 11.1 Å². The lowest BCUT2D eigenvalue weighted by Crippen LogP contribution is -3.13. The topological polar surface area (TPSA) is 34.0 Å². The number of piperazine rings is 1. The van der Waals surface area contributed by atoms with Gasteiger partial charge in [0.1, 0.15) is 12.3 Å². The lowest BCUT2D eigenvalue weighted by molar-refractivity contribution is -0.917. The van der Waals surface area contributed by atoms with Gasteiger partial charge < -0.3 is 14.5 Å². The number of carbonyl (C=O) groups is 1. The molecule has 2 aromatic rings. The summed E-state index contributed by atoms with van der Waals surface area (Å²) in [5.74, 6) is -1.34. The molecule has 3 rings (SSSR count). The summed E-state index contributed by atoms with van der Waals surface area (Å²) in [6, 6.07) is 11.3. The van der Waals surface area contributed by atoms with Crippen LogP contribution in [0.25, 0.3) is 0 Å². The first-order valence-corrected chi connectivity index (χ1v) is 8.27. The van der Waals surface area contributed by atoms with E-state index in [1.165, 1.54) is 16.5 Å². The highest BCUT2D eigenvalue weighted by atomic mass is 19.2. The quantitative estimate of drug-likeness (QED) is 0.910. The molecule has 132 valence electrons. The number of benzene rings is 2. The molecule has 0 bridgehead atoms. The summed E-state index contributed by atoms with van der Waals surface area (Å²) in [5, 5.41) is 0. The molecule has 25 heavy (non-hydrogen) atoms. The Morgan fingerprint density at radius 3 is 2.36 bits per heavy atom. The van der Waals surface area contributed by atoms with Gasteiger partial charge in [0.25, 0.3) is 5.91 Å². The summed E-state index contributed by atoms with van der Waals surface area (Å²) in [6.07, 6.45) is 0. The van der Waals surface area contributed by atoms with E-state index in [1.54, 1.807) is 12.0 Å². The van der Waals surface area contributed by atoms with Crippen LogP contribution in [0, 0.1) is 11.6 Å². The molecule has 0 saturated carbocycles. The molecule has 1 saturated heterocycles. The molecule has 0 atom stereocenters. The van der Waals surface area contributed by atoms with Crippen molar-refractivity contribution in [1.82, 2.24) is 4.90 Å². The van der Waals surface area contributed by atoms with Crippen molar-refractivity contribution in [3.8, 4) is 5.75 Å². The zero-order valence-corrected chi connectivity index (χ0v) is 14.1. The van der Waals surface area contributed by atoms with Crippen LogP contribution in [0.3, 0.4) is 0 Å². The average Bonchev–Trinajstić information content (AvgIpc) is 2.65. The van der Waals surface area contributed by atoms with Gasteiger partial charge in [-0.2, -0.15) is 0 Å². The molecule has 1 heterocycles. The maximum atomic E-state index is 13.3. The zero-order valence-electron chi connectivity index (χ0n) is 14.1. The number of nitrogens with zero attached hydrogens (tertiary/aromatic N) is 1. The number of carbonyl (C=O) groups excluding carboxylic acids is 1. The third kappa shape index (κ3) is 4.14. The van der Waals surface area contributed by atoms with Crippen LogP contribution in [-0.2, 0) is 6.54 Å². The Hall–Kier alpha value is -2.47. The van der Waals surface area contributed by atoms with Crippen LogP contribution < -0.4 is 9.64 Å². The molecule has 2 aromatic carbocycles. The van der Waals surface area contributed by atoms with E-state index in [1.807, 2.05) is 24.3 Å². The van der Waals surface area contributed by atoms with E-state index in [2.05, 4.69) is 0 Å². The van der Waals surface area contributed by atoms with Gasteiger partial charge in [0.2, 0.25) is 0 Å². The number of halogens is 2. The zero-order chi connectivity index (χ0) is 17.8. The molecule has 1 amide bonds. The van der Waals surface area contributed by atoms with E-state index in [0.717, 1.165) is 37.5 Å². The highest BCUT2D eigenvalue weighted by Gasteiger charge is 2.25. The lowest BCUT2D eigenvalue weighted by atomic mass is 10.1.